The van der Waals surface area contributed by atoms with E-state index in [-0.39, 0.29) is 49.3 Å². The Morgan fingerprint density at radius 1 is 1.00 bits per heavy atom. The molecule has 2 aromatic rings. The van der Waals surface area contributed by atoms with Gasteiger partial charge in [-0.1, -0.05) is 6.07 Å². The van der Waals surface area contributed by atoms with Gasteiger partial charge >= 0.3 is 0 Å². The molecule has 4 rings (SSSR count). The number of benzene rings is 2. The van der Waals surface area contributed by atoms with Crippen molar-refractivity contribution < 1.29 is 28.5 Å². The first-order chi connectivity index (χ1) is 15.5. The number of piperazine rings is 1. The van der Waals surface area contributed by atoms with E-state index in [0.29, 0.717) is 26.2 Å². The van der Waals surface area contributed by atoms with Gasteiger partial charge in [-0.3, -0.25) is 9.69 Å². The number of nitrogens with one attached hydrogen (secondary N) is 1. The number of amides is 1. The Morgan fingerprint density at radius 3 is 2.29 bits per heavy atom. The third-order valence-corrected chi connectivity index (χ3v) is 6.12. The van der Waals surface area contributed by atoms with Gasteiger partial charge in [0.15, 0.2) is 0 Å². The van der Waals surface area contributed by atoms with E-state index in [1.54, 1.807) is 12.1 Å². The smallest absolute Gasteiger partial charge is 0.251 e. The average Bonchev–Trinajstić information content (AvgIpc) is 3.13. The van der Waals surface area contributed by atoms with Gasteiger partial charge in [0, 0.05) is 44.0 Å². The largest absolute Gasteiger partial charge is 0.394 e. The summed E-state index contributed by atoms with van der Waals surface area (Å²) in [6.07, 6.45) is -2.18. The van der Waals surface area contributed by atoms with Crippen LogP contribution in [0.1, 0.15) is 10.4 Å². The Kier molecular flexibility index (Phi) is 10.5. The van der Waals surface area contributed by atoms with Gasteiger partial charge in [-0.2, -0.15) is 0 Å². The van der Waals surface area contributed by atoms with Gasteiger partial charge < -0.3 is 25.2 Å². The van der Waals surface area contributed by atoms with Crippen LogP contribution in [0, 0.1) is 11.6 Å². The molecule has 188 valence electrons. The summed E-state index contributed by atoms with van der Waals surface area (Å²) in [5, 5.41) is 23.1. The average molecular weight is 520 g/mol. The summed E-state index contributed by atoms with van der Waals surface area (Å²) >= 11 is 0. The molecule has 0 unspecified atom stereocenters. The van der Waals surface area contributed by atoms with Crippen molar-refractivity contribution in [3.05, 3.63) is 65.7 Å². The Bertz CT molecular complexity index is 933. The van der Waals surface area contributed by atoms with Crippen molar-refractivity contribution in [2.75, 3.05) is 44.2 Å². The summed E-state index contributed by atoms with van der Waals surface area (Å²) in [6.45, 7) is 2.42. The minimum atomic E-state index is -0.909. The van der Waals surface area contributed by atoms with E-state index in [1.807, 2.05) is 0 Å². The highest BCUT2D eigenvalue weighted by atomic mass is 35.5. The number of halogens is 4. The van der Waals surface area contributed by atoms with Crippen molar-refractivity contribution in [3.63, 3.8) is 0 Å². The van der Waals surface area contributed by atoms with Gasteiger partial charge in [0.2, 0.25) is 0 Å². The number of hydrogen-bond donors (Lipinski definition) is 3. The Morgan fingerprint density at radius 2 is 1.68 bits per heavy atom. The number of carbonyl (C=O) groups excluding carboxylic acids is 1. The molecule has 2 aromatic carbocycles. The molecular weight excluding hydrogens is 491 g/mol. The van der Waals surface area contributed by atoms with Gasteiger partial charge in [-0.25, -0.2) is 8.78 Å². The molecule has 7 nitrogen and oxygen atoms in total. The van der Waals surface area contributed by atoms with Crippen LogP contribution in [0.25, 0.3) is 0 Å². The molecule has 2 fully saturated rings. The summed E-state index contributed by atoms with van der Waals surface area (Å²) < 4.78 is 32.4. The van der Waals surface area contributed by atoms with Gasteiger partial charge in [-0.15, -0.1) is 24.8 Å². The van der Waals surface area contributed by atoms with Crippen LogP contribution >= 0.6 is 24.8 Å². The monoisotopic (exact) mass is 519 g/mol. The lowest BCUT2D eigenvalue weighted by molar-refractivity contribution is -0.0209. The fourth-order valence-electron chi connectivity index (χ4n) is 4.45. The van der Waals surface area contributed by atoms with Crippen molar-refractivity contribution in [2.24, 2.45) is 0 Å². The zero-order valence-electron chi connectivity index (χ0n) is 18.3. The van der Waals surface area contributed by atoms with Crippen molar-refractivity contribution in [3.8, 4) is 0 Å². The third kappa shape index (κ3) is 6.35. The number of aliphatic hydroxyl groups excluding tert-OH is 2. The molecule has 0 aromatic heterocycles. The predicted molar refractivity (Wildman–Crippen MR) is 129 cm³/mol. The lowest BCUT2D eigenvalue weighted by Crippen LogP contribution is -2.57. The van der Waals surface area contributed by atoms with E-state index in [1.165, 1.54) is 30.3 Å². The van der Waals surface area contributed by atoms with Crippen molar-refractivity contribution in [2.45, 2.75) is 24.4 Å². The van der Waals surface area contributed by atoms with Crippen LogP contribution in [0.4, 0.5) is 14.5 Å². The molecule has 2 aliphatic heterocycles. The fourth-order valence-corrected chi connectivity index (χ4v) is 4.45. The predicted octanol–water partition coefficient (Wildman–Crippen LogP) is 1.85. The molecule has 34 heavy (non-hydrogen) atoms. The Balaban J connectivity index is 0.00000204. The summed E-state index contributed by atoms with van der Waals surface area (Å²) in [5.74, 6) is -1.21. The summed E-state index contributed by atoms with van der Waals surface area (Å²) in [6, 6.07) is 11.3. The SMILES string of the molecule is Cl.Cl.O=C(NC[C@H]1O[C@@H](CO)[C@@H](O)[C@H]1N1CCN(c2ccc(F)cc2)CC1)c1cccc(F)c1. The van der Waals surface area contributed by atoms with E-state index in [2.05, 4.69) is 15.1 Å². The quantitative estimate of drug-likeness (QED) is 0.540. The molecule has 1 amide bonds. The second-order valence-electron chi connectivity index (χ2n) is 8.10. The number of ether oxygens (including phenoxy) is 1. The molecule has 0 bridgehead atoms. The Hall–Kier alpha value is -2.01. The standard InChI is InChI=1S/C23H27F2N3O4.2ClH/c24-16-4-6-18(7-5-16)27-8-10-28(11-9-27)21-19(32-20(14-29)22(21)30)13-26-23(31)15-2-1-3-17(25)12-15;;/h1-7,12,19-22,29-30H,8-11,13-14H2,(H,26,31);2*1H/t19-,20+,21+,22-;;/m1../s1. The van der Waals surface area contributed by atoms with E-state index in [4.69, 9.17) is 4.74 Å². The highest BCUT2D eigenvalue weighted by Crippen LogP contribution is 2.27. The van der Waals surface area contributed by atoms with Crippen LogP contribution < -0.4 is 10.2 Å². The van der Waals surface area contributed by atoms with E-state index >= 15 is 0 Å². The van der Waals surface area contributed by atoms with Gasteiger partial charge in [-0.05, 0) is 42.5 Å². The van der Waals surface area contributed by atoms with Crippen molar-refractivity contribution in [1.82, 2.24) is 10.2 Å². The van der Waals surface area contributed by atoms with Crippen LogP contribution in [0.3, 0.4) is 0 Å². The second-order valence-corrected chi connectivity index (χ2v) is 8.10. The van der Waals surface area contributed by atoms with Crippen molar-refractivity contribution >= 4 is 36.4 Å². The fraction of sp³-hybridized carbons (Fsp3) is 0.435. The molecule has 2 saturated heterocycles. The molecule has 2 aliphatic rings. The maximum absolute atomic E-state index is 13.4. The number of aliphatic hydroxyl groups is 2. The lowest BCUT2D eigenvalue weighted by Gasteiger charge is -2.41. The topological polar surface area (TPSA) is 85.3 Å². The maximum atomic E-state index is 13.4. The van der Waals surface area contributed by atoms with Gasteiger partial charge in [0.05, 0.1) is 18.8 Å². The summed E-state index contributed by atoms with van der Waals surface area (Å²) in [4.78, 5) is 16.6. The van der Waals surface area contributed by atoms with E-state index in [9.17, 15) is 23.8 Å². The number of nitrogens with zero attached hydrogens (tertiary/aromatic N) is 2. The minimum Gasteiger partial charge on any atom is -0.394 e. The molecular formula is C23H29Cl2F2N3O4. The molecule has 0 saturated carbocycles. The van der Waals surface area contributed by atoms with E-state index in [0.717, 1.165) is 11.8 Å². The van der Waals surface area contributed by atoms with Crippen LogP contribution in [0.15, 0.2) is 48.5 Å². The number of hydrogen-bond acceptors (Lipinski definition) is 6. The highest BCUT2D eigenvalue weighted by Gasteiger charge is 2.46. The first-order valence-corrected chi connectivity index (χ1v) is 10.7. The first-order valence-electron chi connectivity index (χ1n) is 10.7. The summed E-state index contributed by atoms with van der Waals surface area (Å²) in [5.41, 5.74) is 1.13. The summed E-state index contributed by atoms with van der Waals surface area (Å²) in [7, 11) is 0. The number of anilines is 1. The van der Waals surface area contributed by atoms with E-state index < -0.39 is 36.1 Å². The molecule has 4 atom stereocenters. The molecule has 11 heteroatoms. The zero-order chi connectivity index (χ0) is 22.7. The molecule has 0 radical (unpaired) electrons. The Labute approximate surface area is 209 Å². The molecule has 0 spiro atoms. The zero-order valence-corrected chi connectivity index (χ0v) is 20.0. The lowest BCUT2D eigenvalue weighted by atomic mass is 10.0. The van der Waals surface area contributed by atoms with Gasteiger partial charge in [0.25, 0.3) is 5.91 Å². The van der Waals surface area contributed by atoms with Crippen LogP contribution in [-0.4, -0.2) is 84.7 Å². The normalized spacial score (nSPS) is 24.8. The molecule has 0 aliphatic carbocycles. The molecule has 3 N–H and O–H groups in total. The number of rotatable bonds is 6. The van der Waals surface area contributed by atoms with Crippen LogP contribution in [0.2, 0.25) is 0 Å². The minimum absolute atomic E-state index is 0. The number of carbonyl (C=O) groups is 1. The van der Waals surface area contributed by atoms with Crippen LogP contribution in [-0.2, 0) is 4.74 Å². The second kappa shape index (κ2) is 12.6. The van der Waals surface area contributed by atoms with Crippen LogP contribution in [0.5, 0.6) is 0 Å². The third-order valence-electron chi connectivity index (χ3n) is 6.12. The highest BCUT2D eigenvalue weighted by molar-refractivity contribution is 5.94. The maximum Gasteiger partial charge on any atom is 0.251 e. The van der Waals surface area contributed by atoms with Crippen molar-refractivity contribution in [1.29, 1.82) is 0 Å². The first kappa shape index (κ1) is 28.2. The molecule has 2 heterocycles. The van der Waals surface area contributed by atoms with Gasteiger partial charge in [0.1, 0.15) is 23.8 Å².